The predicted octanol–water partition coefficient (Wildman–Crippen LogP) is 1.10. The third-order valence-corrected chi connectivity index (χ3v) is 5.21. The molecule has 2 aliphatic heterocycles. The molecule has 1 atom stereocenters. The van der Waals surface area contributed by atoms with Gasteiger partial charge in [0, 0.05) is 58.8 Å². The zero-order valence-electron chi connectivity index (χ0n) is 14.7. The molecule has 1 aromatic carbocycles. The number of aliphatic hydroxyl groups is 2. The molecule has 2 saturated heterocycles. The lowest BCUT2D eigenvalue weighted by molar-refractivity contribution is -0.0853. The first kappa shape index (κ1) is 17.8. The lowest BCUT2D eigenvalue weighted by atomic mass is 9.93. The van der Waals surface area contributed by atoms with Crippen molar-refractivity contribution in [3.05, 3.63) is 35.9 Å². The summed E-state index contributed by atoms with van der Waals surface area (Å²) >= 11 is 0. The van der Waals surface area contributed by atoms with Gasteiger partial charge < -0.3 is 19.8 Å². The molecule has 0 aliphatic carbocycles. The van der Waals surface area contributed by atoms with Gasteiger partial charge in [-0.15, -0.1) is 0 Å². The highest BCUT2D eigenvalue weighted by atomic mass is 16.5. The zero-order valence-corrected chi connectivity index (χ0v) is 14.7. The third kappa shape index (κ3) is 4.77. The highest BCUT2D eigenvalue weighted by Gasteiger charge is 2.39. The summed E-state index contributed by atoms with van der Waals surface area (Å²) in [6, 6.07) is 10.4. The van der Waals surface area contributed by atoms with Crippen LogP contribution < -0.4 is 0 Å². The van der Waals surface area contributed by atoms with Crippen LogP contribution in [0.1, 0.15) is 24.8 Å². The second-order valence-corrected chi connectivity index (χ2v) is 7.68. The summed E-state index contributed by atoms with van der Waals surface area (Å²) in [6.45, 7) is 4.93. The molecule has 0 amide bonds. The number of rotatable bonds is 6. The molecule has 0 bridgehead atoms. The third-order valence-electron chi connectivity index (χ3n) is 5.21. The average molecular weight is 334 g/mol. The van der Waals surface area contributed by atoms with E-state index in [1.807, 2.05) is 13.1 Å². The Morgan fingerprint density at radius 3 is 2.42 bits per heavy atom. The van der Waals surface area contributed by atoms with Crippen LogP contribution in [-0.4, -0.2) is 77.7 Å². The quantitative estimate of drug-likeness (QED) is 0.816. The lowest BCUT2D eigenvalue weighted by Gasteiger charge is -2.37. The number of β-amino-alcohol motifs (C(OH)–C–C–N with tert-alkyl or cyclic N) is 1. The van der Waals surface area contributed by atoms with Crippen molar-refractivity contribution in [2.75, 3.05) is 46.4 Å². The molecule has 0 radical (unpaired) electrons. The van der Waals surface area contributed by atoms with Crippen molar-refractivity contribution in [2.45, 2.75) is 37.0 Å². The normalized spacial score (nSPS) is 27.7. The van der Waals surface area contributed by atoms with Gasteiger partial charge >= 0.3 is 0 Å². The first-order chi connectivity index (χ1) is 11.5. The molecule has 24 heavy (non-hydrogen) atoms. The topological polar surface area (TPSA) is 56.2 Å². The number of ether oxygens (including phenoxy) is 1. The van der Waals surface area contributed by atoms with Crippen molar-refractivity contribution in [1.82, 2.24) is 9.80 Å². The van der Waals surface area contributed by atoms with Gasteiger partial charge in [0.25, 0.3) is 0 Å². The van der Waals surface area contributed by atoms with Gasteiger partial charge in [0.05, 0.1) is 11.2 Å². The molecule has 1 aromatic rings. The van der Waals surface area contributed by atoms with E-state index in [1.165, 1.54) is 5.56 Å². The minimum atomic E-state index is -0.689. The van der Waals surface area contributed by atoms with Crippen molar-refractivity contribution in [3.8, 4) is 0 Å². The Morgan fingerprint density at radius 2 is 1.71 bits per heavy atom. The molecule has 2 aliphatic rings. The van der Waals surface area contributed by atoms with Crippen LogP contribution in [0.5, 0.6) is 0 Å². The fourth-order valence-electron chi connectivity index (χ4n) is 4.02. The van der Waals surface area contributed by atoms with Gasteiger partial charge in [-0.25, -0.2) is 0 Å². The highest BCUT2D eigenvalue weighted by molar-refractivity contribution is 5.15. The summed E-state index contributed by atoms with van der Waals surface area (Å²) in [5.41, 5.74) is -0.0804. The van der Waals surface area contributed by atoms with Crippen molar-refractivity contribution >= 4 is 0 Å². The maximum absolute atomic E-state index is 10.9. The largest absolute Gasteiger partial charge is 0.388 e. The van der Waals surface area contributed by atoms with Gasteiger partial charge in [0.15, 0.2) is 0 Å². The minimum Gasteiger partial charge on any atom is -0.388 e. The van der Waals surface area contributed by atoms with Crippen molar-refractivity contribution in [2.24, 2.45) is 0 Å². The second kappa shape index (κ2) is 7.50. The van der Waals surface area contributed by atoms with Crippen LogP contribution in [0.25, 0.3) is 0 Å². The molecule has 2 heterocycles. The summed E-state index contributed by atoms with van der Waals surface area (Å²) in [7, 11) is 1.99. The Balaban J connectivity index is 1.49. The summed E-state index contributed by atoms with van der Waals surface area (Å²) < 4.78 is 5.34. The summed E-state index contributed by atoms with van der Waals surface area (Å²) in [5, 5.41) is 21.6. The van der Waals surface area contributed by atoms with Gasteiger partial charge in [-0.2, -0.15) is 0 Å². The Kier molecular flexibility index (Phi) is 5.57. The second-order valence-electron chi connectivity index (χ2n) is 7.68. The van der Waals surface area contributed by atoms with E-state index < -0.39 is 11.2 Å². The highest BCUT2D eigenvalue weighted by Crippen LogP contribution is 2.26. The van der Waals surface area contributed by atoms with Crippen LogP contribution in [-0.2, 0) is 11.3 Å². The van der Waals surface area contributed by atoms with Crippen LogP contribution in [0.15, 0.2) is 30.3 Å². The maximum Gasteiger partial charge on any atom is 0.0912 e. The standard InChI is InChI=1S/C19H30N2O3/c1-20(14-18(22)8-11-24-12-9-18)15-19(23)7-10-21(16-19)13-17-5-3-2-4-6-17/h2-6,22-23H,7-16H2,1H3. The Labute approximate surface area is 144 Å². The molecule has 2 N–H and O–H groups in total. The van der Waals surface area contributed by atoms with Crippen LogP contribution in [0.2, 0.25) is 0 Å². The molecule has 134 valence electrons. The number of likely N-dealkylation sites (N-methyl/N-ethyl adjacent to an activating group) is 1. The van der Waals surface area contributed by atoms with Crippen LogP contribution in [0.3, 0.4) is 0 Å². The van der Waals surface area contributed by atoms with Crippen LogP contribution in [0, 0.1) is 0 Å². The van der Waals surface area contributed by atoms with Crippen molar-refractivity contribution in [3.63, 3.8) is 0 Å². The molecule has 2 fully saturated rings. The van der Waals surface area contributed by atoms with E-state index in [2.05, 4.69) is 34.1 Å². The Bertz CT molecular complexity index is 519. The van der Waals surface area contributed by atoms with E-state index in [1.54, 1.807) is 0 Å². The monoisotopic (exact) mass is 334 g/mol. The SMILES string of the molecule is CN(CC1(O)CCOCC1)CC1(O)CCN(Cc2ccccc2)C1. The summed E-state index contributed by atoms with van der Waals surface area (Å²) in [5.74, 6) is 0. The Morgan fingerprint density at radius 1 is 1.04 bits per heavy atom. The smallest absolute Gasteiger partial charge is 0.0912 e. The van der Waals surface area contributed by atoms with Gasteiger partial charge in [-0.3, -0.25) is 4.90 Å². The fourth-order valence-corrected chi connectivity index (χ4v) is 4.02. The first-order valence-corrected chi connectivity index (χ1v) is 8.94. The van der Waals surface area contributed by atoms with Gasteiger partial charge in [0.2, 0.25) is 0 Å². The molecule has 0 aromatic heterocycles. The van der Waals surface area contributed by atoms with E-state index in [0.29, 0.717) is 45.7 Å². The molecule has 5 heteroatoms. The number of nitrogens with zero attached hydrogens (tertiary/aromatic N) is 2. The van der Waals surface area contributed by atoms with Gasteiger partial charge in [-0.05, 0) is 19.0 Å². The predicted molar refractivity (Wildman–Crippen MR) is 93.8 cm³/mol. The molecular weight excluding hydrogens is 304 g/mol. The number of hydrogen-bond acceptors (Lipinski definition) is 5. The molecule has 0 spiro atoms. The van der Waals surface area contributed by atoms with Crippen molar-refractivity contribution in [1.29, 1.82) is 0 Å². The fraction of sp³-hybridized carbons (Fsp3) is 0.684. The van der Waals surface area contributed by atoms with E-state index >= 15 is 0 Å². The van der Waals surface area contributed by atoms with E-state index in [4.69, 9.17) is 4.74 Å². The van der Waals surface area contributed by atoms with Gasteiger partial charge in [0.1, 0.15) is 0 Å². The first-order valence-electron chi connectivity index (χ1n) is 8.94. The number of benzene rings is 1. The maximum atomic E-state index is 10.9. The number of hydrogen-bond donors (Lipinski definition) is 2. The molecule has 5 nitrogen and oxygen atoms in total. The molecule has 0 saturated carbocycles. The lowest BCUT2D eigenvalue weighted by Crippen LogP contribution is -2.50. The molecular formula is C19H30N2O3. The molecule has 3 rings (SSSR count). The summed E-state index contributed by atoms with van der Waals surface area (Å²) in [6.07, 6.45) is 2.14. The van der Waals surface area contributed by atoms with Gasteiger partial charge in [-0.1, -0.05) is 30.3 Å². The minimum absolute atomic E-state index is 0.595. The van der Waals surface area contributed by atoms with Crippen LogP contribution >= 0.6 is 0 Å². The van der Waals surface area contributed by atoms with Crippen LogP contribution in [0.4, 0.5) is 0 Å². The number of likely N-dealkylation sites (tertiary alicyclic amines) is 1. The van der Waals surface area contributed by atoms with Crippen molar-refractivity contribution < 1.29 is 14.9 Å². The molecule has 1 unspecified atom stereocenters. The van der Waals surface area contributed by atoms with E-state index in [-0.39, 0.29) is 0 Å². The average Bonchev–Trinajstić information content (AvgIpc) is 2.88. The summed E-state index contributed by atoms with van der Waals surface area (Å²) in [4.78, 5) is 4.39. The van der Waals surface area contributed by atoms with E-state index in [9.17, 15) is 10.2 Å². The Hall–Kier alpha value is -0.980. The van der Waals surface area contributed by atoms with E-state index in [0.717, 1.165) is 19.5 Å². The zero-order chi connectivity index (χ0) is 17.0.